The number of thiophene rings is 1. The van der Waals surface area contributed by atoms with Crippen LogP contribution in [0, 0.1) is 0 Å². The van der Waals surface area contributed by atoms with E-state index in [9.17, 15) is 18.0 Å². The van der Waals surface area contributed by atoms with Crippen LogP contribution in [0.1, 0.15) is 9.67 Å². The molecule has 2 heterocycles. The lowest BCUT2D eigenvalue weighted by molar-refractivity contribution is -0.141. The van der Waals surface area contributed by atoms with Gasteiger partial charge in [0, 0.05) is 0 Å². The number of aromatic nitrogens is 2. The van der Waals surface area contributed by atoms with E-state index >= 15 is 0 Å². The number of nitrogens with zero attached hydrogens (tertiary/aromatic N) is 2. The molecule has 0 aromatic carbocycles. The van der Waals surface area contributed by atoms with Crippen LogP contribution in [0.5, 0.6) is 0 Å². The minimum absolute atomic E-state index is 0.00308. The molecule has 2 rings (SSSR count). The van der Waals surface area contributed by atoms with Gasteiger partial charge in [-0.2, -0.15) is 18.3 Å². The summed E-state index contributed by atoms with van der Waals surface area (Å²) in [5, 5.41) is 12.2. The molecule has 4 nitrogen and oxygen atoms in total. The van der Waals surface area contributed by atoms with Gasteiger partial charge in [-0.1, -0.05) is 0 Å². The minimum Gasteiger partial charge on any atom is -0.477 e. The Morgan fingerprint density at radius 2 is 2.25 bits per heavy atom. The zero-order valence-corrected chi connectivity index (χ0v) is 8.47. The normalized spacial score (nSPS) is 12.2. The SMILES string of the molecule is O=C(O)c1cc2c(cnn2CC(F)(F)F)s1. The van der Waals surface area contributed by atoms with Crippen LogP contribution in [0.15, 0.2) is 12.3 Å². The third-order valence-corrected chi connectivity index (χ3v) is 2.92. The Kier molecular flexibility index (Phi) is 2.38. The topological polar surface area (TPSA) is 55.1 Å². The highest BCUT2D eigenvalue weighted by Gasteiger charge is 2.29. The number of fused-ring (bicyclic) bond motifs is 1. The van der Waals surface area contributed by atoms with Crippen LogP contribution in [0.3, 0.4) is 0 Å². The molecule has 0 fully saturated rings. The molecule has 0 saturated carbocycles. The molecule has 2 aromatic heterocycles. The van der Waals surface area contributed by atoms with Crippen molar-refractivity contribution in [2.45, 2.75) is 12.7 Å². The highest BCUT2D eigenvalue weighted by Crippen LogP contribution is 2.27. The molecule has 0 unspecified atom stereocenters. The summed E-state index contributed by atoms with van der Waals surface area (Å²) in [4.78, 5) is 10.6. The monoisotopic (exact) mass is 250 g/mol. The van der Waals surface area contributed by atoms with E-state index in [1.807, 2.05) is 0 Å². The first kappa shape index (κ1) is 10.9. The van der Waals surface area contributed by atoms with Crippen molar-refractivity contribution < 1.29 is 23.1 Å². The van der Waals surface area contributed by atoms with Crippen molar-refractivity contribution in [2.75, 3.05) is 0 Å². The average Bonchev–Trinajstić information content (AvgIpc) is 2.64. The predicted molar refractivity (Wildman–Crippen MR) is 50.6 cm³/mol. The van der Waals surface area contributed by atoms with Crippen LogP contribution < -0.4 is 0 Å². The minimum atomic E-state index is -4.37. The number of hydrogen-bond acceptors (Lipinski definition) is 3. The molecule has 0 amide bonds. The molecule has 86 valence electrons. The van der Waals surface area contributed by atoms with Crippen molar-refractivity contribution in [1.29, 1.82) is 0 Å². The fraction of sp³-hybridized carbons (Fsp3) is 0.250. The molecule has 0 radical (unpaired) electrons. The molecular formula is C8H5F3N2O2S. The van der Waals surface area contributed by atoms with Gasteiger partial charge in [0.2, 0.25) is 0 Å². The lowest BCUT2D eigenvalue weighted by Gasteiger charge is -2.06. The zero-order valence-electron chi connectivity index (χ0n) is 7.65. The van der Waals surface area contributed by atoms with E-state index in [1.165, 1.54) is 12.3 Å². The number of hydrogen-bond donors (Lipinski definition) is 1. The van der Waals surface area contributed by atoms with E-state index < -0.39 is 18.7 Å². The Bertz CT molecular complexity index is 543. The van der Waals surface area contributed by atoms with Gasteiger partial charge < -0.3 is 5.11 Å². The number of alkyl halides is 3. The number of rotatable bonds is 2. The summed E-state index contributed by atoms with van der Waals surface area (Å²) in [6, 6.07) is 1.20. The molecule has 0 spiro atoms. The molecule has 1 N–H and O–H groups in total. The van der Waals surface area contributed by atoms with Gasteiger partial charge >= 0.3 is 12.1 Å². The van der Waals surface area contributed by atoms with E-state index in [2.05, 4.69) is 5.10 Å². The highest BCUT2D eigenvalue weighted by molar-refractivity contribution is 7.20. The molecular weight excluding hydrogens is 245 g/mol. The van der Waals surface area contributed by atoms with E-state index in [-0.39, 0.29) is 10.4 Å². The molecule has 0 aliphatic carbocycles. The lowest BCUT2D eigenvalue weighted by atomic mass is 10.4. The van der Waals surface area contributed by atoms with Crippen molar-refractivity contribution in [3.05, 3.63) is 17.1 Å². The van der Waals surface area contributed by atoms with Gasteiger partial charge in [0.05, 0.1) is 16.4 Å². The average molecular weight is 250 g/mol. The quantitative estimate of drug-likeness (QED) is 0.890. The summed E-state index contributed by atoms with van der Waals surface area (Å²) in [7, 11) is 0. The van der Waals surface area contributed by atoms with Crippen molar-refractivity contribution in [3.8, 4) is 0 Å². The van der Waals surface area contributed by atoms with Crippen LogP contribution in [0.4, 0.5) is 13.2 Å². The smallest absolute Gasteiger partial charge is 0.408 e. The first-order valence-electron chi connectivity index (χ1n) is 4.12. The van der Waals surface area contributed by atoms with Crippen LogP contribution in [-0.4, -0.2) is 27.0 Å². The van der Waals surface area contributed by atoms with Crippen molar-refractivity contribution in [1.82, 2.24) is 9.78 Å². The van der Waals surface area contributed by atoms with Crippen LogP contribution in [0.2, 0.25) is 0 Å². The molecule has 0 aliphatic heterocycles. The van der Waals surface area contributed by atoms with Gasteiger partial charge in [-0.15, -0.1) is 11.3 Å². The number of halogens is 3. The third-order valence-electron chi connectivity index (χ3n) is 1.87. The Morgan fingerprint density at radius 3 is 2.81 bits per heavy atom. The van der Waals surface area contributed by atoms with Gasteiger partial charge in [0.1, 0.15) is 11.4 Å². The zero-order chi connectivity index (χ0) is 11.9. The second kappa shape index (κ2) is 3.48. The summed E-state index contributed by atoms with van der Waals surface area (Å²) >= 11 is 0.902. The Hall–Kier alpha value is -1.57. The van der Waals surface area contributed by atoms with E-state index in [1.54, 1.807) is 0 Å². The van der Waals surface area contributed by atoms with Crippen LogP contribution in [0.25, 0.3) is 10.2 Å². The molecule has 16 heavy (non-hydrogen) atoms. The maximum absolute atomic E-state index is 12.1. The number of aromatic carboxylic acids is 1. The van der Waals surface area contributed by atoms with Crippen molar-refractivity contribution in [2.24, 2.45) is 0 Å². The van der Waals surface area contributed by atoms with Crippen molar-refractivity contribution in [3.63, 3.8) is 0 Å². The number of carboxylic acid groups (broad SMARTS) is 1. The third kappa shape index (κ3) is 2.01. The van der Waals surface area contributed by atoms with E-state index in [0.717, 1.165) is 16.0 Å². The molecule has 0 atom stereocenters. The van der Waals surface area contributed by atoms with E-state index in [4.69, 9.17) is 5.11 Å². The maximum Gasteiger partial charge on any atom is 0.408 e. The van der Waals surface area contributed by atoms with Gasteiger partial charge in [-0.3, -0.25) is 4.68 Å². The summed E-state index contributed by atoms with van der Waals surface area (Å²) in [5.41, 5.74) is 0.194. The Balaban J connectivity index is 2.43. The fourth-order valence-electron chi connectivity index (χ4n) is 1.28. The number of carbonyl (C=O) groups is 1. The Labute approximate surface area is 90.9 Å². The maximum atomic E-state index is 12.1. The highest BCUT2D eigenvalue weighted by atomic mass is 32.1. The largest absolute Gasteiger partial charge is 0.477 e. The second-order valence-corrected chi connectivity index (χ2v) is 4.17. The van der Waals surface area contributed by atoms with Crippen molar-refractivity contribution >= 4 is 27.5 Å². The standard InChI is InChI=1S/C8H5F3N2O2S/c9-8(10,11)3-13-4-1-5(7(14)15)16-6(4)2-12-13/h1-2H,3H2,(H,14,15). The van der Waals surface area contributed by atoms with Gasteiger partial charge in [-0.25, -0.2) is 4.79 Å². The molecule has 8 heteroatoms. The second-order valence-electron chi connectivity index (χ2n) is 3.08. The molecule has 0 aliphatic rings. The summed E-state index contributed by atoms with van der Waals surface area (Å²) in [5.74, 6) is -1.15. The summed E-state index contributed by atoms with van der Waals surface area (Å²) in [6.07, 6.45) is -3.14. The first-order chi connectivity index (χ1) is 7.37. The fourth-order valence-corrected chi connectivity index (χ4v) is 2.14. The molecule has 2 aromatic rings. The molecule has 0 saturated heterocycles. The van der Waals surface area contributed by atoms with Gasteiger partial charge in [-0.05, 0) is 6.07 Å². The number of carboxylic acids is 1. The van der Waals surface area contributed by atoms with Gasteiger partial charge in [0.25, 0.3) is 0 Å². The van der Waals surface area contributed by atoms with Crippen LogP contribution in [-0.2, 0) is 6.54 Å². The summed E-state index contributed by atoms with van der Waals surface area (Å²) in [6.45, 7) is -1.22. The molecule has 0 bridgehead atoms. The first-order valence-corrected chi connectivity index (χ1v) is 4.94. The van der Waals surface area contributed by atoms with E-state index in [0.29, 0.717) is 4.70 Å². The summed E-state index contributed by atoms with van der Waals surface area (Å²) < 4.78 is 37.6. The van der Waals surface area contributed by atoms with Gasteiger partial charge in [0.15, 0.2) is 0 Å². The van der Waals surface area contributed by atoms with Crippen LogP contribution >= 0.6 is 11.3 Å². The predicted octanol–water partition coefficient (Wildman–Crippen LogP) is 2.36. The Morgan fingerprint density at radius 1 is 1.56 bits per heavy atom. The lowest BCUT2D eigenvalue weighted by Crippen LogP contribution is -2.18.